The fourth-order valence-electron chi connectivity index (χ4n) is 2.17. The lowest BCUT2D eigenvalue weighted by Gasteiger charge is -2.16. The van der Waals surface area contributed by atoms with Gasteiger partial charge in [-0.15, -0.1) is 11.3 Å². The van der Waals surface area contributed by atoms with Gasteiger partial charge in [-0.1, -0.05) is 11.6 Å². The Bertz CT molecular complexity index is 752. The van der Waals surface area contributed by atoms with Gasteiger partial charge in [-0.05, 0) is 6.92 Å². The average molecular weight is 307 g/mol. The van der Waals surface area contributed by atoms with E-state index in [1.807, 2.05) is 0 Å². The Balaban J connectivity index is 2.16. The number of aliphatic hydroxyl groups is 1. The minimum atomic E-state index is -0.401. The second-order valence-electron chi connectivity index (χ2n) is 4.45. The van der Waals surface area contributed by atoms with Crippen LogP contribution in [0, 0.1) is 6.08 Å². The first kappa shape index (κ1) is 13.1. The van der Waals surface area contributed by atoms with Gasteiger partial charge in [0.25, 0.3) is 0 Å². The van der Waals surface area contributed by atoms with E-state index in [0.29, 0.717) is 29.0 Å². The number of hydrogen-bond donors (Lipinski definition) is 2. The number of Topliss-reactive ketones (excluding diaryl/α,β-unsaturated/α-hetero) is 1. The van der Waals surface area contributed by atoms with Crippen molar-refractivity contribution in [1.82, 2.24) is 0 Å². The number of fused-ring (bicyclic) bond motifs is 1. The number of rotatable bonds is 2. The first-order valence-electron chi connectivity index (χ1n) is 5.80. The maximum absolute atomic E-state index is 12.5. The summed E-state index contributed by atoms with van der Waals surface area (Å²) in [4.78, 5) is 16.8. The Morgan fingerprint density at radius 1 is 1.50 bits per heavy atom. The molecule has 0 unspecified atom stereocenters. The molecule has 0 atom stereocenters. The van der Waals surface area contributed by atoms with Crippen LogP contribution >= 0.6 is 22.9 Å². The van der Waals surface area contributed by atoms with Crippen molar-refractivity contribution in [2.45, 2.75) is 13.3 Å². The molecule has 1 aromatic heterocycles. The number of allylic oxidation sites excluding steroid dienone is 5. The van der Waals surface area contributed by atoms with Gasteiger partial charge in [-0.3, -0.25) is 9.79 Å². The first-order valence-corrected chi connectivity index (χ1v) is 7.06. The fourth-order valence-corrected chi connectivity index (χ4v) is 3.01. The molecule has 4 nitrogen and oxygen atoms in total. The van der Waals surface area contributed by atoms with Gasteiger partial charge in [0.05, 0.1) is 16.3 Å². The van der Waals surface area contributed by atoms with E-state index in [1.165, 1.54) is 11.4 Å². The van der Waals surface area contributed by atoms with Gasteiger partial charge in [0, 0.05) is 40.8 Å². The molecule has 1 radical (unpaired) electrons. The molecule has 2 heterocycles. The molecule has 0 spiro atoms. The zero-order chi connectivity index (χ0) is 14.4. The maximum atomic E-state index is 12.5. The van der Waals surface area contributed by atoms with Crippen molar-refractivity contribution in [3.05, 3.63) is 50.7 Å². The lowest BCUT2D eigenvalue weighted by molar-refractivity contribution is 0.103. The SMILES string of the molecule is CC1=[C]C2=C(C(=O)c3csc(O)c3)C(O)=C(Cl)CC2=N1. The van der Waals surface area contributed by atoms with Gasteiger partial charge in [-0.25, -0.2) is 0 Å². The molecule has 0 aromatic carbocycles. The molecule has 20 heavy (non-hydrogen) atoms. The maximum Gasteiger partial charge on any atom is 0.198 e. The van der Waals surface area contributed by atoms with Crippen molar-refractivity contribution in [1.29, 1.82) is 0 Å². The molecular formula is C14H9ClNO3S. The van der Waals surface area contributed by atoms with E-state index in [9.17, 15) is 15.0 Å². The molecule has 0 saturated carbocycles. The second kappa shape index (κ2) is 4.61. The summed E-state index contributed by atoms with van der Waals surface area (Å²) in [6, 6.07) is 1.36. The highest BCUT2D eigenvalue weighted by Gasteiger charge is 2.32. The van der Waals surface area contributed by atoms with Crippen molar-refractivity contribution in [2.75, 3.05) is 0 Å². The highest BCUT2D eigenvalue weighted by atomic mass is 35.5. The average Bonchev–Trinajstić information content (AvgIpc) is 2.95. The van der Waals surface area contributed by atoms with Crippen LogP contribution in [0.4, 0.5) is 0 Å². The second-order valence-corrected chi connectivity index (χ2v) is 5.80. The van der Waals surface area contributed by atoms with Crippen molar-refractivity contribution in [3.63, 3.8) is 0 Å². The summed E-state index contributed by atoms with van der Waals surface area (Å²) in [6.45, 7) is 1.77. The molecule has 2 aliphatic rings. The third-order valence-electron chi connectivity index (χ3n) is 3.04. The number of ketones is 1. The number of nitrogens with zero attached hydrogens (tertiary/aromatic N) is 1. The molecule has 0 fully saturated rings. The Hall–Kier alpha value is -1.85. The van der Waals surface area contributed by atoms with Gasteiger partial charge in [0.1, 0.15) is 5.76 Å². The van der Waals surface area contributed by atoms with Crippen molar-refractivity contribution >= 4 is 34.4 Å². The van der Waals surface area contributed by atoms with Crippen LogP contribution in [-0.2, 0) is 0 Å². The van der Waals surface area contributed by atoms with Gasteiger partial charge >= 0.3 is 0 Å². The molecule has 0 bridgehead atoms. The third-order valence-corrected chi connectivity index (χ3v) is 4.08. The van der Waals surface area contributed by atoms with Crippen LogP contribution in [0.25, 0.3) is 0 Å². The number of hydrogen-bond acceptors (Lipinski definition) is 5. The molecule has 1 aliphatic carbocycles. The van der Waals surface area contributed by atoms with E-state index in [1.54, 1.807) is 6.92 Å². The summed E-state index contributed by atoms with van der Waals surface area (Å²) < 4.78 is 0. The van der Waals surface area contributed by atoms with E-state index in [0.717, 1.165) is 11.3 Å². The number of halogens is 1. The first-order chi connectivity index (χ1) is 9.47. The molecule has 101 valence electrons. The Kier molecular flexibility index (Phi) is 3.03. The summed E-state index contributed by atoms with van der Waals surface area (Å²) in [5.41, 5.74) is 2.16. The van der Waals surface area contributed by atoms with Crippen LogP contribution in [0.2, 0.25) is 0 Å². The predicted octanol–water partition coefficient (Wildman–Crippen LogP) is 3.51. The normalized spacial score (nSPS) is 18.1. The van der Waals surface area contributed by atoms with Crippen LogP contribution in [0.15, 0.2) is 44.1 Å². The number of aliphatic hydroxyl groups excluding tert-OH is 1. The monoisotopic (exact) mass is 306 g/mol. The molecular weight excluding hydrogens is 298 g/mol. The fraction of sp³-hybridized carbons (Fsp3) is 0.143. The van der Waals surface area contributed by atoms with Crippen LogP contribution in [-0.4, -0.2) is 21.7 Å². The highest BCUT2D eigenvalue weighted by Crippen LogP contribution is 2.36. The lowest BCUT2D eigenvalue weighted by atomic mass is 9.90. The summed E-state index contributed by atoms with van der Waals surface area (Å²) in [5, 5.41) is 21.2. The molecule has 1 aromatic rings. The minimum Gasteiger partial charge on any atom is -0.506 e. The Morgan fingerprint density at radius 2 is 2.25 bits per heavy atom. The van der Waals surface area contributed by atoms with E-state index in [4.69, 9.17) is 11.6 Å². The standard InChI is InChI=1S/C14H9ClNO3S/c1-6-2-8-10(16-6)4-9(15)14(19)12(8)13(18)7-3-11(17)20-5-7/h3,5,17,19H,4H2,1H3. The molecule has 1 aliphatic heterocycles. The quantitative estimate of drug-likeness (QED) is 0.821. The molecule has 6 heteroatoms. The van der Waals surface area contributed by atoms with Crippen LogP contribution in [0.1, 0.15) is 23.7 Å². The zero-order valence-electron chi connectivity index (χ0n) is 10.4. The van der Waals surface area contributed by atoms with Crippen molar-refractivity contribution in [2.24, 2.45) is 4.99 Å². The van der Waals surface area contributed by atoms with Gasteiger partial charge in [0.2, 0.25) is 0 Å². The predicted molar refractivity (Wildman–Crippen MR) is 77.3 cm³/mol. The van der Waals surface area contributed by atoms with E-state index >= 15 is 0 Å². The number of carbonyl (C=O) groups excluding carboxylic acids is 1. The number of aromatic hydroxyl groups is 1. The Morgan fingerprint density at radius 3 is 2.90 bits per heavy atom. The summed E-state index contributed by atoms with van der Waals surface area (Å²) >= 11 is 7.04. The lowest BCUT2D eigenvalue weighted by Crippen LogP contribution is -2.17. The van der Waals surface area contributed by atoms with Crippen LogP contribution in [0.5, 0.6) is 5.06 Å². The van der Waals surface area contributed by atoms with E-state index in [-0.39, 0.29) is 21.4 Å². The zero-order valence-corrected chi connectivity index (χ0v) is 12.0. The number of carbonyl (C=O) groups is 1. The largest absolute Gasteiger partial charge is 0.506 e. The molecule has 0 saturated heterocycles. The van der Waals surface area contributed by atoms with Gasteiger partial charge in [-0.2, -0.15) is 0 Å². The van der Waals surface area contributed by atoms with E-state index in [2.05, 4.69) is 11.1 Å². The Labute approximate surface area is 124 Å². The van der Waals surface area contributed by atoms with Crippen molar-refractivity contribution in [3.8, 4) is 5.06 Å². The summed E-state index contributed by atoms with van der Waals surface area (Å²) in [6.07, 6.45) is 3.26. The third kappa shape index (κ3) is 1.99. The minimum absolute atomic E-state index is 0.0420. The van der Waals surface area contributed by atoms with Crippen LogP contribution < -0.4 is 0 Å². The number of thiophene rings is 1. The van der Waals surface area contributed by atoms with Gasteiger partial charge < -0.3 is 10.2 Å². The van der Waals surface area contributed by atoms with Crippen molar-refractivity contribution < 1.29 is 15.0 Å². The smallest absolute Gasteiger partial charge is 0.198 e. The molecule has 2 N–H and O–H groups in total. The van der Waals surface area contributed by atoms with Crippen LogP contribution in [0.3, 0.4) is 0 Å². The molecule has 3 rings (SSSR count). The molecule has 0 amide bonds. The van der Waals surface area contributed by atoms with Gasteiger partial charge in [0.15, 0.2) is 10.8 Å². The highest BCUT2D eigenvalue weighted by molar-refractivity contribution is 7.12. The van der Waals surface area contributed by atoms with E-state index < -0.39 is 5.78 Å². The summed E-state index contributed by atoms with van der Waals surface area (Å²) in [5.74, 6) is -0.639. The topological polar surface area (TPSA) is 69.9 Å². The number of aliphatic imine (C=N–C) groups is 1. The summed E-state index contributed by atoms with van der Waals surface area (Å²) in [7, 11) is 0.